The summed E-state index contributed by atoms with van der Waals surface area (Å²) < 4.78 is 4.68. The molecule has 0 aliphatic rings. The number of aromatic nitrogens is 4. The van der Waals surface area contributed by atoms with Crippen molar-refractivity contribution >= 4 is 54.4 Å². The van der Waals surface area contributed by atoms with E-state index in [1.165, 1.54) is 43.5 Å². The largest absolute Gasteiger partial charge is 0.316 e. The Kier molecular flexibility index (Phi) is 5.84. The Bertz CT molecular complexity index is 2820. The highest BCUT2D eigenvalue weighted by atomic mass is 15.0. The third kappa shape index (κ3) is 4.10. The molecule has 0 N–H and O–H groups in total. The van der Waals surface area contributed by atoms with Gasteiger partial charge in [-0.2, -0.15) is 0 Å². The van der Waals surface area contributed by atoms with Crippen molar-refractivity contribution in [2.24, 2.45) is 0 Å². The lowest BCUT2D eigenvalue weighted by Crippen LogP contribution is -1.97. The van der Waals surface area contributed by atoms with Gasteiger partial charge in [0.1, 0.15) is 0 Å². The summed E-state index contributed by atoms with van der Waals surface area (Å²) in [5.41, 5.74) is 9.76. The van der Waals surface area contributed by atoms with Crippen molar-refractivity contribution in [1.82, 2.24) is 19.1 Å². The molecule has 0 radical (unpaired) electrons. The second-order valence-electron chi connectivity index (χ2n) is 12.3. The Morgan fingerprint density at radius 3 is 2.02 bits per heavy atom. The number of hydrogen-bond acceptors (Lipinski definition) is 2. The first-order valence-corrected chi connectivity index (χ1v) is 16.3. The molecule has 0 spiro atoms. The molecule has 10 aromatic rings. The van der Waals surface area contributed by atoms with E-state index in [1.54, 1.807) is 0 Å². The molecule has 0 amide bonds. The monoisotopic (exact) mass is 612 g/mol. The van der Waals surface area contributed by atoms with E-state index in [1.807, 2.05) is 6.07 Å². The molecular weight excluding hydrogens is 585 g/mol. The van der Waals surface area contributed by atoms with Gasteiger partial charge in [0.05, 0.1) is 27.8 Å². The van der Waals surface area contributed by atoms with Gasteiger partial charge < -0.3 is 9.13 Å². The van der Waals surface area contributed by atoms with Crippen LogP contribution in [0.1, 0.15) is 0 Å². The summed E-state index contributed by atoms with van der Waals surface area (Å²) in [6.45, 7) is 0. The average Bonchev–Trinajstić information content (AvgIpc) is 3.74. The van der Waals surface area contributed by atoms with Gasteiger partial charge in [-0.15, -0.1) is 0 Å². The summed E-state index contributed by atoms with van der Waals surface area (Å²) in [6, 6.07) is 58.0. The molecule has 0 saturated carbocycles. The van der Waals surface area contributed by atoms with Crippen LogP contribution in [0.25, 0.3) is 88.4 Å². The van der Waals surface area contributed by atoms with Crippen molar-refractivity contribution in [3.8, 4) is 34.0 Å². The van der Waals surface area contributed by atoms with E-state index in [2.05, 4.69) is 173 Å². The van der Waals surface area contributed by atoms with Crippen molar-refractivity contribution in [3.05, 3.63) is 170 Å². The van der Waals surface area contributed by atoms with E-state index in [9.17, 15) is 0 Å². The molecule has 4 heteroatoms. The van der Waals surface area contributed by atoms with E-state index in [-0.39, 0.29) is 0 Å². The zero-order valence-electron chi connectivity index (χ0n) is 26.0. The highest BCUT2D eigenvalue weighted by molar-refractivity contribution is 6.20. The fourth-order valence-corrected chi connectivity index (χ4v) is 7.29. The second kappa shape index (κ2) is 10.5. The summed E-state index contributed by atoms with van der Waals surface area (Å²) in [6.07, 6.45) is 2.18. The van der Waals surface area contributed by atoms with Crippen LogP contribution in [0.3, 0.4) is 0 Å². The summed E-state index contributed by atoms with van der Waals surface area (Å²) in [7, 11) is 0. The van der Waals surface area contributed by atoms with Crippen molar-refractivity contribution in [1.29, 1.82) is 0 Å². The summed E-state index contributed by atoms with van der Waals surface area (Å²) in [5.74, 6) is 0.716. The highest BCUT2D eigenvalue weighted by Crippen LogP contribution is 2.39. The minimum absolute atomic E-state index is 0.716. The molecule has 0 bridgehead atoms. The normalized spacial score (nSPS) is 11.8. The van der Waals surface area contributed by atoms with Crippen LogP contribution in [0, 0.1) is 0 Å². The van der Waals surface area contributed by atoms with Gasteiger partial charge in [-0.1, -0.05) is 97.1 Å². The zero-order chi connectivity index (χ0) is 31.6. The van der Waals surface area contributed by atoms with E-state index in [4.69, 9.17) is 9.97 Å². The lowest BCUT2D eigenvalue weighted by atomic mass is 10.0. The topological polar surface area (TPSA) is 35.6 Å². The minimum atomic E-state index is 0.716. The van der Waals surface area contributed by atoms with Gasteiger partial charge in [-0.3, -0.25) is 0 Å². The molecule has 3 aromatic heterocycles. The maximum Gasteiger partial charge on any atom is 0.160 e. The lowest BCUT2D eigenvalue weighted by Gasteiger charge is -2.12. The zero-order valence-corrected chi connectivity index (χ0v) is 26.0. The van der Waals surface area contributed by atoms with Crippen LogP contribution in [0.5, 0.6) is 0 Å². The molecular formula is C44H28N4. The summed E-state index contributed by atoms with van der Waals surface area (Å²) in [4.78, 5) is 10.2. The molecule has 0 aliphatic heterocycles. The van der Waals surface area contributed by atoms with Gasteiger partial charge in [-0.05, 0) is 77.5 Å². The lowest BCUT2D eigenvalue weighted by molar-refractivity contribution is 1.13. The SMILES string of the molecule is c1ccc(-n2ccc3ccc4c(c5ccccc5n4-c4ccc(-c5nc(-c6ccc7ccccc7c6)c6ccccc6n5)cc4)c32)cc1. The Morgan fingerprint density at radius 2 is 1.15 bits per heavy atom. The summed E-state index contributed by atoms with van der Waals surface area (Å²) in [5, 5.41) is 7.16. The molecule has 0 aliphatic carbocycles. The third-order valence-electron chi connectivity index (χ3n) is 9.53. The number of hydrogen-bond donors (Lipinski definition) is 0. The quantitative estimate of drug-likeness (QED) is 0.198. The molecule has 0 atom stereocenters. The molecule has 0 fully saturated rings. The number of rotatable bonds is 4. The van der Waals surface area contributed by atoms with Gasteiger partial charge in [-0.25, -0.2) is 9.97 Å². The Morgan fingerprint density at radius 1 is 0.438 bits per heavy atom. The third-order valence-corrected chi connectivity index (χ3v) is 9.53. The average molecular weight is 613 g/mol. The van der Waals surface area contributed by atoms with Gasteiger partial charge in [0.15, 0.2) is 5.82 Å². The molecule has 3 heterocycles. The first kappa shape index (κ1) is 26.7. The van der Waals surface area contributed by atoms with Crippen molar-refractivity contribution in [2.75, 3.05) is 0 Å². The van der Waals surface area contributed by atoms with Crippen LogP contribution in [-0.2, 0) is 0 Å². The van der Waals surface area contributed by atoms with Crippen LogP contribution in [-0.4, -0.2) is 19.1 Å². The van der Waals surface area contributed by atoms with Gasteiger partial charge in [0.25, 0.3) is 0 Å². The van der Waals surface area contributed by atoms with Gasteiger partial charge >= 0.3 is 0 Å². The fraction of sp³-hybridized carbons (Fsp3) is 0. The highest BCUT2D eigenvalue weighted by Gasteiger charge is 2.18. The van der Waals surface area contributed by atoms with Crippen molar-refractivity contribution < 1.29 is 0 Å². The van der Waals surface area contributed by atoms with Crippen LogP contribution < -0.4 is 0 Å². The van der Waals surface area contributed by atoms with Crippen LogP contribution in [0.2, 0.25) is 0 Å². The van der Waals surface area contributed by atoms with E-state index >= 15 is 0 Å². The molecule has 0 unspecified atom stereocenters. The number of fused-ring (bicyclic) bond motifs is 7. The maximum atomic E-state index is 5.19. The Labute approximate surface area is 276 Å². The maximum absolute atomic E-state index is 5.19. The molecule has 7 aromatic carbocycles. The molecule has 4 nitrogen and oxygen atoms in total. The number of nitrogens with zero attached hydrogens (tertiary/aromatic N) is 4. The first-order chi connectivity index (χ1) is 23.8. The predicted octanol–water partition coefficient (Wildman–Crippen LogP) is 11.2. The second-order valence-corrected chi connectivity index (χ2v) is 12.3. The first-order valence-electron chi connectivity index (χ1n) is 16.3. The molecule has 48 heavy (non-hydrogen) atoms. The van der Waals surface area contributed by atoms with Gasteiger partial charge in [0.2, 0.25) is 0 Å². The Hall–Kier alpha value is -6.52. The van der Waals surface area contributed by atoms with E-state index < -0.39 is 0 Å². The Balaban J connectivity index is 1.13. The summed E-state index contributed by atoms with van der Waals surface area (Å²) >= 11 is 0. The van der Waals surface area contributed by atoms with Crippen LogP contribution in [0.4, 0.5) is 0 Å². The predicted molar refractivity (Wildman–Crippen MR) is 199 cm³/mol. The van der Waals surface area contributed by atoms with Crippen molar-refractivity contribution in [3.63, 3.8) is 0 Å². The number of para-hydroxylation sites is 3. The molecule has 10 rings (SSSR count). The van der Waals surface area contributed by atoms with E-state index in [0.717, 1.165) is 39.1 Å². The van der Waals surface area contributed by atoms with Gasteiger partial charge in [0, 0.05) is 50.2 Å². The van der Waals surface area contributed by atoms with Crippen LogP contribution >= 0.6 is 0 Å². The van der Waals surface area contributed by atoms with Crippen molar-refractivity contribution in [2.45, 2.75) is 0 Å². The molecule has 224 valence electrons. The fourth-order valence-electron chi connectivity index (χ4n) is 7.29. The standard InChI is InChI=1S/C44H28N4/c1-2-12-34(13-3-1)47-27-26-30-22-25-40-41(43(30)47)37-15-7-9-17-39(37)48(40)35-23-20-31(21-24-35)44-45-38-16-8-6-14-36(38)42(46-44)33-19-18-29-10-4-5-11-32(29)28-33/h1-28H. The smallest absolute Gasteiger partial charge is 0.160 e. The van der Waals surface area contributed by atoms with Crippen LogP contribution in [0.15, 0.2) is 170 Å². The minimum Gasteiger partial charge on any atom is -0.316 e. The number of benzene rings is 7. The van der Waals surface area contributed by atoms with E-state index in [0.29, 0.717) is 5.82 Å². The molecule has 0 saturated heterocycles.